The molecule has 0 fully saturated rings. The maximum absolute atomic E-state index is 11.0. The zero-order chi connectivity index (χ0) is 13.0. The van der Waals surface area contributed by atoms with Crippen LogP contribution in [0.1, 0.15) is 23.6 Å². The number of nitrogens with zero attached hydrogens (tertiary/aromatic N) is 1. The zero-order valence-corrected chi connectivity index (χ0v) is 10.9. The number of nitro groups is 1. The molecule has 0 spiro atoms. The fourth-order valence-electron chi connectivity index (χ4n) is 1.43. The van der Waals surface area contributed by atoms with Gasteiger partial charge in [0.1, 0.15) is 0 Å². The van der Waals surface area contributed by atoms with Crippen molar-refractivity contribution in [2.24, 2.45) is 5.73 Å². The van der Waals surface area contributed by atoms with Crippen molar-refractivity contribution < 1.29 is 14.5 Å². The summed E-state index contributed by atoms with van der Waals surface area (Å²) < 4.78 is 4.49. The van der Waals surface area contributed by atoms with E-state index in [0.717, 1.165) is 0 Å². The zero-order valence-electron chi connectivity index (χ0n) is 10.1. The van der Waals surface area contributed by atoms with Gasteiger partial charge in [-0.05, 0) is 12.5 Å². The largest absolute Gasteiger partial charge is 0.469 e. The van der Waals surface area contributed by atoms with Gasteiger partial charge < -0.3 is 10.5 Å². The van der Waals surface area contributed by atoms with E-state index in [0.29, 0.717) is 11.1 Å². The first-order valence-corrected chi connectivity index (χ1v) is 5.03. The van der Waals surface area contributed by atoms with Crippen LogP contribution < -0.4 is 5.73 Å². The van der Waals surface area contributed by atoms with Crippen LogP contribution in [-0.2, 0) is 9.53 Å². The molecule has 1 aromatic carbocycles. The lowest BCUT2D eigenvalue weighted by Crippen LogP contribution is -2.16. The fourth-order valence-corrected chi connectivity index (χ4v) is 1.43. The first kappa shape index (κ1) is 16.3. The summed E-state index contributed by atoms with van der Waals surface area (Å²) in [5.74, 6) is -0.444. The predicted molar refractivity (Wildman–Crippen MR) is 68.6 cm³/mol. The Morgan fingerprint density at radius 1 is 1.56 bits per heavy atom. The Morgan fingerprint density at radius 3 is 2.67 bits per heavy atom. The average molecular weight is 275 g/mol. The first-order valence-electron chi connectivity index (χ1n) is 5.03. The summed E-state index contributed by atoms with van der Waals surface area (Å²) in [4.78, 5) is 21.3. The number of esters is 1. The van der Waals surface area contributed by atoms with Crippen molar-refractivity contribution in [2.45, 2.75) is 19.4 Å². The van der Waals surface area contributed by atoms with E-state index in [-0.39, 0.29) is 24.5 Å². The molecular formula is C11H15ClN2O4. The van der Waals surface area contributed by atoms with Gasteiger partial charge in [0.05, 0.1) is 18.5 Å². The molecule has 0 bridgehead atoms. The minimum absolute atomic E-state index is 0. The lowest BCUT2D eigenvalue weighted by molar-refractivity contribution is -0.385. The molecule has 1 rings (SSSR count). The summed E-state index contributed by atoms with van der Waals surface area (Å²) in [6, 6.07) is 4.09. The molecule has 2 N–H and O–H groups in total. The number of hydrogen-bond donors (Lipinski definition) is 1. The van der Waals surface area contributed by atoms with Gasteiger partial charge in [-0.25, -0.2) is 0 Å². The number of ether oxygens (including phenoxy) is 1. The Labute approximate surface area is 111 Å². The minimum atomic E-state index is -0.596. The van der Waals surface area contributed by atoms with Crippen LogP contribution in [0.25, 0.3) is 0 Å². The van der Waals surface area contributed by atoms with E-state index in [2.05, 4.69) is 4.74 Å². The highest BCUT2D eigenvalue weighted by atomic mass is 35.5. The molecule has 0 radical (unpaired) electrons. The Bertz CT molecular complexity index is 451. The summed E-state index contributed by atoms with van der Waals surface area (Å²) in [6.45, 7) is 1.65. The summed E-state index contributed by atoms with van der Waals surface area (Å²) in [5.41, 5.74) is 6.88. The Hall–Kier alpha value is -1.66. The third-order valence-electron chi connectivity index (χ3n) is 2.47. The van der Waals surface area contributed by atoms with Crippen LogP contribution in [0.15, 0.2) is 18.2 Å². The van der Waals surface area contributed by atoms with Crippen LogP contribution in [0.4, 0.5) is 5.69 Å². The van der Waals surface area contributed by atoms with Gasteiger partial charge >= 0.3 is 5.97 Å². The normalized spacial score (nSPS) is 11.3. The van der Waals surface area contributed by atoms with Crippen molar-refractivity contribution in [2.75, 3.05) is 7.11 Å². The number of nitrogens with two attached hydrogens (primary N) is 1. The average Bonchev–Trinajstić information content (AvgIpc) is 2.28. The summed E-state index contributed by atoms with van der Waals surface area (Å²) in [5, 5.41) is 10.7. The van der Waals surface area contributed by atoms with Gasteiger partial charge in [0.2, 0.25) is 0 Å². The molecular weight excluding hydrogens is 260 g/mol. The Balaban J connectivity index is 0.00000289. The SMILES string of the molecule is COC(=O)C[C@H](N)c1ccc(C)c([N+](=O)[O-])c1.Cl. The highest BCUT2D eigenvalue weighted by molar-refractivity contribution is 5.85. The lowest BCUT2D eigenvalue weighted by Gasteiger charge is -2.10. The molecule has 7 heteroatoms. The fraction of sp³-hybridized carbons (Fsp3) is 0.364. The minimum Gasteiger partial charge on any atom is -0.469 e. The number of rotatable bonds is 4. The number of halogens is 1. The maximum Gasteiger partial charge on any atom is 0.307 e. The van der Waals surface area contributed by atoms with E-state index in [1.165, 1.54) is 13.2 Å². The number of nitro benzene ring substituents is 1. The van der Waals surface area contributed by atoms with E-state index >= 15 is 0 Å². The highest BCUT2D eigenvalue weighted by Gasteiger charge is 2.17. The maximum atomic E-state index is 11.0. The molecule has 0 saturated heterocycles. The molecule has 1 aromatic rings. The second-order valence-corrected chi connectivity index (χ2v) is 3.69. The van der Waals surface area contributed by atoms with Gasteiger partial charge in [-0.3, -0.25) is 14.9 Å². The molecule has 0 saturated carbocycles. The van der Waals surface area contributed by atoms with Gasteiger partial charge in [-0.2, -0.15) is 0 Å². The Kier molecular flexibility index (Phi) is 6.29. The first-order chi connectivity index (χ1) is 7.95. The van der Waals surface area contributed by atoms with Gasteiger partial charge in [-0.1, -0.05) is 12.1 Å². The monoisotopic (exact) mass is 274 g/mol. The van der Waals surface area contributed by atoms with Crippen LogP contribution in [0.3, 0.4) is 0 Å². The second-order valence-electron chi connectivity index (χ2n) is 3.69. The summed E-state index contributed by atoms with van der Waals surface area (Å²) in [7, 11) is 1.27. The summed E-state index contributed by atoms with van der Waals surface area (Å²) in [6.07, 6.45) is -0.00326. The van der Waals surface area contributed by atoms with Crippen molar-refractivity contribution in [1.29, 1.82) is 0 Å². The number of carbonyl (C=O) groups excluding carboxylic acids is 1. The van der Waals surface area contributed by atoms with Crippen LogP contribution in [0.5, 0.6) is 0 Å². The molecule has 0 aliphatic rings. The van der Waals surface area contributed by atoms with Crippen molar-refractivity contribution >= 4 is 24.1 Å². The predicted octanol–water partition coefficient (Wildman–Crippen LogP) is 1.89. The quantitative estimate of drug-likeness (QED) is 0.514. The van der Waals surface area contributed by atoms with Gasteiger partial charge in [0.15, 0.2) is 0 Å². The standard InChI is InChI=1S/C11H14N2O4.ClH/c1-7-3-4-8(5-10(7)13(15)16)9(12)6-11(14)17-2;/h3-5,9H,6,12H2,1-2H3;1H/t9-;/m0./s1. The number of methoxy groups -OCH3 is 1. The van der Waals surface area contributed by atoms with Crippen LogP contribution >= 0.6 is 12.4 Å². The number of carbonyl (C=O) groups is 1. The summed E-state index contributed by atoms with van der Waals surface area (Å²) >= 11 is 0. The van der Waals surface area contributed by atoms with Crippen molar-refractivity contribution in [1.82, 2.24) is 0 Å². The molecule has 0 aromatic heterocycles. The van der Waals surface area contributed by atoms with Crippen molar-refractivity contribution in [3.05, 3.63) is 39.4 Å². The Morgan fingerprint density at radius 2 is 2.17 bits per heavy atom. The number of benzene rings is 1. The molecule has 0 unspecified atom stereocenters. The van der Waals surface area contributed by atoms with Gasteiger partial charge in [0, 0.05) is 17.7 Å². The number of hydrogen-bond acceptors (Lipinski definition) is 5. The molecule has 0 aliphatic carbocycles. The van der Waals surface area contributed by atoms with Crippen LogP contribution in [-0.4, -0.2) is 18.0 Å². The van der Waals surface area contributed by atoms with Gasteiger partial charge in [-0.15, -0.1) is 12.4 Å². The topological polar surface area (TPSA) is 95.5 Å². The van der Waals surface area contributed by atoms with Gasteiger partial charge in [0.25, 0.3) is 5.69 Å². The van der Waals surface area contributed by atoms with Crippen molar-refractivity contribution in [3.63, 3.8) is 0 Å². The van der Waals surface area contributed by atoms with Crippen LogP contribution in [0.2, 0.25) is 0 Å². The third-order valence-corrected chi connectivity index (χ3v) is 2.47. The van der Waals surface area contributed by atoms with E-state index in [1.54, 1.807) is 19.1 Å². The molecule has 6 nitrogen and oxygen atoms in total. The lowest BCUT2D eigenvalue weighted by atomic mass is 10.0. The molecule has 100 valence electrons. The molecule has 0 amide bonds. The van der Waals surface area contributed by atoms with Crippen LogP contribution in [0, 0.1) is 17.0 Å². The van der Waals surface area contributed by atoms with E-state index in [4.69, 9.17) is 5.73 Å². The van der Waals surface area contributed by atoms with E-state index in [9.17, 15) is 14.9 Å². The number of aryl methyl sites for hydroxylation is 1. The molecule has 0 aliphatic heterocycles. The molecule has 18 heavy (non-hydrogen) atoms. The second kappa shape index (κ2) is 6.93. The van der Waals surface area contributed by atoms with E-state index < -0.39 is 16.9 Å². The molecule has 0 heterocycles. The van der Waals surface area contributed by atoms with E-state index in [1.807, 2.05) is 0 Å². The third kappa shape index (κ3) is 3.97. The molecule has 1 atom stereocenters. The smallest absolute Gasteiger partial charge is 0.307 e. The highest BCUT2D eigenvalue weighted by Crippen LogP contribution is 2.23. The van der Waals surface area contributed by atoms with Crippen molar-refractivity contribution in [3.8, 4) is 0 Å².